The van der Waals surface area contributed by atoms with Crippen molar-refractivity contribution < 1.29 is 9.53 Å². The molecule has 0 aliphatic rings. The number of rotatable bonds is 8. The molecule has 0 aliphatic carbocycles. The van der Waals surface area contributed by atoms with E-state index in [1.54, 1.807) is 0 Å². The molecule has 18 heavy (non-hydrogen) atoms. The van der Waals surface area contributed by atoms with Crippen LogP contribution in [0.15, 0.2) is 24.3 Å². The number of unbranched alkanes of at least 4 members (excludes halogenated alkanes) is 1. The minimum Gasteiger partial charge on any atom is -0.494 e. The average Bonchev–Trinajstić information content (AvgIpc) is 2.38. The molecule has 0 saturated carbocycles. The van der Waals surface area contributed by atoms with E-state index in [2.05, 4.69) is 21.2 Å². The van der Waals surface area contributed by atoms with Crippen molar-refractivity contribution in [3.05, 3.63) is 29.8 Å². The molecule has 1 aromatic carbocycles. The highest BCUT2D eigenvalue weighted by atomic mass is 79.9. The van der Waals surface area contributed by atoms with Crippen LogP contribution in [0.1, 0.15) is 31.7 Å². The molecule has 0 spiro atoms. The lowest BCUT2D eigenvalue weighted by molar-refractivity contribution is -0.121. The SMILES string of the molecule is CCOc1cccc(CNC(=O)CCCCBr)c1. The summed E-state index contributed by atoms with van der Waals surface area (Å²) in [4.78, 5) is 11.5. The molecule has 0 saturated heterocycles. The molecule has 3 nitrogen and oxygen atoms in total. The summed E-state index contributed by atoms with van der Waals surface area (Å²) in [7, 11) is 0. The Balaban J connectivity index is 2.33. The fourth-order valence-corrected chi connectivity index (χ4v) is 1.98. The number of ether oxygens (including phenoxy) is 1. The van der Waals surface area contributed by atoms with Gasteiger partial charge in [-0.15, -0.1) is 0 Å². The van der Waals surface area contributed by atoms with Gasteiger partial charge in [-0.2, -0.15) is 0 Å². The van der Waals surface area contributed by atoms with Gasteiger partial charge in [0.05, 0.1) is 6.61 Å². The lowest BCUT2D eigenvalue weighted by Crippen LogP contribution is -2.22. The first kappa shape index (κ1) is 15.0. The molecule has 1 amide bonds. The highest BCUT2D eigenvalue weighted by Crippen LogP contribution is 2.13. The molecule has 0 unspecified atom stereocenters. The monoisotopic (exact) mass is 313 g/mol. The molecule has 0 aliphatic heterocycles. The Labute approximate surface area is 117 Å². The van der Waals surface area contributed by atoms with E-state index in [-0.39, 0.29) is 5.91 Å². The number of halogens is 1. The zero-order chi connectivity index (χ0) is 13.2. The molecule has 0 atom stereocenters. The molecule has 1 rings (SSSR count). The third-order valence-electron chi connectivity index (χ3n) is 2.49. The van der Waals surface area contributed by atoms with Crippen LogP contribution >= 0.6 is 15.9 Å². The van der Waals surface area contributed by atoms with Gasteiger partial charge in [-0.3, -0.25) is 4.79 Å². The quantitative estimate of drug-likeness (QED) is 0.591. The van der Waals surface area contributed by atoms with Crippen LogP contribution in [0.3, 0.4) is 0 Å². The molecule has 0 fully saturated rings. The number of carbonyl (C=O) groups excluding carboxylic acids is 1. The van der Waals surface area contributed by atoms with Crippen LogP contribution in [0.4, 0.5) is 0 Å². The highest BCUT2D eigenvalue weighted by Gasteiger charge is 2.01. The van der Waals surface area contributed by atoms with Gasteiger partial charge in [0.2, 0.25) is 5.91 Å². The summed E-state index contributed by atoms with van der Waals surface area (Å²) < 4.78 is 5.41. The summed E-state index contributed by atoms with van der Waals surface area (Å²) >= 11 is 3.35. The van der Waals surface area contributed by atoms with Crippen molar-refractivity contribution in [2.45, 2.75) is 32.7 Å². The van der Waals surface area contributed by atoms with Gasteiger partial charge in [-0.1, -0.05) is 28.1 Å². The fourth-order valence-electron chi connectivity index (χ4n) is 1.58. The lowest BCUT2D eigenvalue weighted by atomic mass is 10.2. The fraction of sp³-hybridized carbons (Fsp3) is 0.500. The highest BCUT2D eigenvalue weighted by molar-refractivity contribution is 9.09. The number of alkyl halides is 1. The molecule has 0 bridgehead atoms. The van der Waals surface area contributed by atoms with Crippen molar-refractivity contribution in [2.24, 2.45) is 0 Å². The van der Waals surface area contributed by atoms with Crippen molar-refractivity contribution in [2.75, 3.05) is 11.9 Å². The van der Waals surface area contributed by atoms with Crippen molar-refractivity contribution in [1.82, 2.24) is 5.32 Å². The third kappa shape index (κ3) is 6.05. The predicted octanol–water partition coefficient (Wildman–Crippen LogP) is 3.27. The maximum Gasteiger partial charge on any atom is 0.220 e. The van der Waals surface area contributed by atoms with E-state index in [0.29, 0.717) is 19.6 Å². The van der Waals surface area contributed by atoms with Crippen LogP contribution in [0, 0.1) is 0 Å². The molecule has 0 aromatic heterocycles. The number of hydrogen-bond acceptors (Lipinski definition) is 2. The first-order chi connectivity index (χ1) is 8.76. The summed E-state index contributed by atoms with van der Waals surface area (Å²) in [5.74, 6) is 0.960. The normalized spacial score (nSPS) is 10.1. The van der Waals surface area contributed by atoms with Crippen molar-refractivity contribution in [3.8, 4) is 5.75 Å². The Kier molecular flexibility index (Phi) is 7.49. The molecule has 0 radical (unpaired) electrons. The summed E-state index contributed by atoms with van der Waals surface area (Å²) in [6, 6.07) is 7.81. The van der Waals surface area contributed by atoms with E-state index >= 15 is 0 Å². The van der Waals surface area contributed by atoms with E-state index in [1.807, 2.05) is 31.2 Å². The molecule has 0 heterocycles. The Morgan fingerprint density at radius 1 is 1.39 bits per heavy atom. The zero-order valence-electron chi connectivity index (χ0n) is 10.7. The number of nitrogens with one attached hydrogen (secondary N) is 1. The van der Waals surface area contributed by atoms with Gasteiger partial charge in [0.15, 0.2) is 0 Å². The van der Waals surface area contributed by atoms with Gasteiger partial charge in [-0.25, -0.2) is 0 Å². The smallest absolute Gasteiger partial charge is 0.220 e. The van der Waals surface area contributed by atoms with Crippen LogP contribution < -0.4 is 10.1 Å². The van der Waals surface area contributed by atoms with Gasteiger partial charge in [0, 0.05) is 18.3 Å². The number of hydrogen-bond donors (Lipinski definition) is 1. The van der Waals surface area contributed by atoms with Crippen molar-refractivity contribution in [1.29, 1.82) is 0 Å². The van der Waals surface area contributed by atoms with Crippen molar-refractivity contribution in [3.63, 3.8) is 0 Å². The van der Waals surface area contributed by atoms with E-state index in [0.717, 1.165) is 29.5 Å². The number of amides is 1. The minimum atomic E-state index is 0.109. The van der Waals surface area contributed by atoms with E-state index in [9.17, 15) is 4.79 Å². The van der Waals surface area contributed by atoms with Crippen LogP contribution in [-0.4, -0.2) is 17.8 Å². The largest absolute Gasteiger partial charge is 0.494 e. The van der Waals surface area contributed by atoms with Gasteiger partial charge in [0.1, 0.15) is 5.75 Å². The van der Waals surface area contributed by atoms with Gasteiger partial charge in [-0.05, 0) is 37.5 Å². The second-order valence-corrected chi connectivity index (χ2v) is 4.80. The van der Waals surface area contributed by atoms with Crippen LogP contribution in [0.5, 0.6) is 5.75 Å². The van der Waals surface area contributed by atoms with Crippen LogP contribution in [0.25, 0.3) is 0 Å². The minimum absolute atomic E-state index is 0.109. The van der Waals surface area contributed by atoms with Crippen LogP contribution in [-0.2, 0) is 11.3 Å². The molecular formula is C14H20BrNO2. The van der Waals surface area contributed by atoms with E-state index in [4.69, 9.17) is 4.74 Å². The Hall–Kier alpha value is -1.03. The number of benzene rings is 1. The lowest BCUT2D eigenvalue weighted by Gasteiger charge is -2.07. The second-order valence-electron chi connectivity index (χ2n) is 4.00. The molecule has 1 aromatic rings. The van der Waals surface area contributed by atoms with E-state index in [1.165, 1.54) is 0 Å². The second kappa shape index (κ2) is 8.97. The van der Waals surface area contributed by atoms with Gasteiger partial charge >= 0.3 is 0 Å². The molecular weight excluding hydrogens is 294 g/mol. The van der Waals surface area contributed by atoms with Gasteiger partial charge < -0.3 is 10.1 Å². The molecule has 100 valence electrons. The molecule has 1 N–H and O–H groups in total. The summed E-state index contributed by atoms with van der Waals surface area (Å²) in [6.07, 6.45) is 2.56. The maximum absolute atomic E-state index is 11.5. The van der Waals surface area contributed by atoms with Crippen molar-refractivity contribution >= 4 is 21.8 Å². The van der Waals surface area contributed by atoms with Gasteiger partial charge in [0.25, 0.3) is 0 Å². The standard InChI is InChI=1S/C14H20BrNO2/c1-2-18-13-7-5-6-12(10-13)11-16-14(17)8-3-4-9-15/h5-7,10H,2-4,8-9,11H2,1H3,(H,16,17). The first-order valence-corrected chi connectivity index (χ1v) is 7.42. The maximum atomic E-state index is 11.5. The molecule has 4 heteroatoms. The summed E-state index contributed by atoms with van der Waals surface area (Å²) in [5.41, 5.74) is 1.06. The van der Waals surface area contributed by atoms with E-state index < -0.39 is 0 Å². The zero-order valence-corrected chi connectivity index (χ0v) is 12.3. The predicted molar refractivity (Wildman–Crippen MR) is 77.1 cm³/mol. The third-order valence-corrected chi connectivity index (χ3v) is 3.05. The Morgan fingerprint density at radius 2 is 2.22 bits per heavy atom. The summed E-state index contributed by atoms with van der Waals surface area (Å²) in [6.45, 7) is 3.18. The Bertz CT molecular complexity index is 369. The van der Waals surface area contributed by atoms with Crippen LogP contribution in [0.2, 0.25) is 0 Å². The first-order valence-electron chi connectivity index (χ1n) is 6.30. The topological polar surface area (TPSA) is 38.3 Å². The summed E-state index contributed by atoms with van der Waals surface area (Å²) in [5, 5.41) is 3.87. The number of carbonyl (C=O) groups is 1. The average molecular weight is 314 g/mol. The Morgan fingerprint density at radius 3 is 2.94 bits per heavy atom.